The highest BCUT2D eigenvalue weighted by Gasteiger charge is 2.23. The van der Waals surface area contributed by atoms with Gasteiger partial charge in [0.25, 0.3) is 0 Å². The maximum Gasteiger partial charge on any atom is 0.135 e. The van der Waals surface area contributed by atoms with Crippen LogP contribution < -0.4 is 0 Å². The van der Waals surface area contributed by atoms with E-state index < -0.39 is 0 Å². The quantitative estimate of drug-likeness (QED) is 0.255. The van der Waals surface area contributed by atoms with Crippen molar-refractivity contribution < 1.29 is 4.42 Å². The zero-order valence-electron chi connectivity index (χ0n) is 20.5. The van der Waals surface area contributed by atoms with Crippen LogP contribution in [0.4, 0.5) is 0 Å². The number of hydrogen-bond donors (Lipinski definition) is 0. The van der Waals surface area contributed by atoms with Crippen LogP contribution in [-0.4, -0.2) is 0 Å². The Labute approximate surface area is 205 Å². The van der Waals surface area contributed by atoms with Gasteiger partial charge in [-0.15, -0.1) is 11.3 Å². The molecule has 0 spiro atoms. The van der Waals surface area contributed by atoms with Gasteiger partial charge in [0.2, 0.25) is 0 Å². The van der Waals surface area contributed by atoms with E-state index in [-0.39, 0.29) is 10.8 Å². The van der Waals surface area contributed by atoms with Gasteiger partial charge in [0.1, 0.15) is 11.2 Å². The lowest BCUT2D eigenvalue weighted by molar-refractivity contribution is 0.523. The molecule has 0 N–H and O–H groups in total. The summed E-state index contributed by atoms with van der Waals surface area (Å²) in [4.78, 5) is 0. The second-order valence-electron chi connectivity index (χ2n) is 11.3. The Morgan fingerprint density at radius 3 is 2.06 bits per heavy atom. The van der Waals surface area contributed by atoms with Crippen molar-refractivity contribution >= 4 is 53.4 Å². The lowest BCUT2D eigenvalue weighted by Crippen LogP contribution is -2.20. The number of furan rings is 1. The summed E-state index contributed by atoms with van der Waals surface area (Å²) in [7, 11) is 0. The monoisotopic (exact) mass is 462 g/mol. The molecular formula is C32H30OS. The number of thiophene rings is 1. The molecular weight excluding hydrogens is 432 g/mol. The van der Waals surface area contributed by atoms with Crippen LogP contribution in [0.25, 0.3) is 42.1 Å². The Morgan fingerprint density at radius 2 is 1.26 bits per heavy atom. The van der Waals surface area contributed by atoms with E-state index in [0.717, 1.165) is 17.6 Å². The van der Waals surface area contributed by atoms with E-state index in [9.17, 15) is 0 Å². The Morgan fingerprint density at radius 1 is 0.618 bits per heavy atom. The molecule has 0 fully saturated rings. The molecule has 1 nitrogen and oxygen atoms in total. The van der Waals surface area contributed by atoms with Crippen LogP contribution in [0.15, 0.2) is 83.3 Å². The fraction of sp³-hybridized carbons (Fsp3) is 0.250. The molecule has 34 heavy (non-hydrogen) atoms. The van der Waals surface area contributed by atoms with E-state index >= 15 is 0 Å². The SMILES string of the molecule is CC(C)(C)c1ccc2oc3ccc(CC(C)(C)c4ccc5sc6ccccc6c5c4)cc3c2c1. The third kappa shape index (κ3) is 3.52. The third-order valence-corrected chi connectivity index (χ3v) is 8.36. The highest BCUT2D eigenvalue weighted by Crippen LogP contribution is 2.39. The lowest BCUT2D eigenvalue weighted by Gasteiger charge is -2.26. The molecule has 0 saturated carbocycles. The van der Waals surface area contributed by atoms with Gasteiger partial charge in [0.15, 0.2) is 0 Å². The first kappa shape index (κ1) is 21.4. The molecule has 0 aliphatic rings. The molecule has 2 heteroatoms. The zero-order valence-corrected chi connectivity index (χ0v) is 21.3. The molecule has 0 aliphatic heterocycles. The second-order valence-corrected chi connectivity index (χ2v) is 12.3. The van der Waals surface area contributed by atoms with E-state index in [1.807, 2.05) is 11.3 Å². The van der Waals surface area contributed by atoms with Gasteiger partial charge in [-0.25, -0.2) is 0 Å². The second kappa shape index (κ2) is 7.45. The average Bonchev–Trinajstić information content (AvgIpc) is 3.35. The van der Waals surface area contributed by atoms with Crippen LogP contribution in [-0.2, 0) is 17.3 Å². The van der Waals surface area contributed by atoms with Crippen molar-refractivity contribution in [1.82, 2.24) is 0 Å². The van der Waals surface area contributed by atoms with Crippen LogP contribution in [0.3, 0.4) is 0 Å². The predicted molar refractivity (Wildman–Crippen MR) is 148 cm³/mol. The fourth-order valence-electron chi connectivity index (χ4n) is 5.16. The summed E-state index contributed by atoms with van der Waals surface area (Å²) in [5, 5.41) is 5.17. The number of hydrogen-bond acceptors (Lipinski definition) is 2. The Balaban J connectivity index is 1.41. The summed E-state index contributed by atoms with van der Waals surface area (Å²) < 4.78 is 8.89. The van der Waals surface area contributed by atoms with E-state index in [1.165, 1.54) is 47.6 Å². The third-order valence-electron chi connectivity index (χ3n) is 7.20. The molecule has 0 saturated heterocycles. The summed E-state index contributed by atoms with van der Waals surface area (Å²) in [5.41, 5.74) is 6.13. The molecule has 2 heterocycles. The van der Waals surface area contributed by atoms with Crippen LogP contribution in [0, 0.1) is 0 Å². The van der Waals surface area contributed by atoms with Crippen molar-refractivity contribution in [2.24, 2.45) is 0 Å². The van der Waals surface area contributed by atoms with Crippen molar-refractivity contribution in [2.75, 3.05) is 0 Å². The molecule has 0 atom stereocenters. The maximum absolute atomic E-state index is 6.17. The largest absolute Gasteiger partial charge is 0.456 e. The minimum Gasteiger partial charge on any atom is -0.456 e. The van der Waals surface area contributed by atoms with Crippen LogP contribution in [0.1, 0.15) is 51.3 Å². The first-order chi connectivity index (χ1) is 16.2. The molecule has 0 bridgehead atoms. The van der Waals surface area contributed by atoms with Gasteiger partial charge in [-0.2, -0.15) is 0 Å². The highest BCUT2D eigenvalue weighted by molar-refractivity contribution is 7.25. The standard InChI is InChI=1S/C32H30OS/c1-31(2,3)21-11-14-28-25(17-21)24-16-20(10-13-27(24)33-28)19-32(4,5)22-12-15-30-26(18-22)23-8-6-7-9-29(23)34-30/h6-18H,19H2,1-5H3. The van der Waals surface area contributed by atoms with Crippen LogP contribution >= 0.6 is 11.3 Å². The van der Waals surface area contributed by atoms with Gasteiger partial charge in [0.05, 0.1) is 0 Å². The molecule has 6 aromatic rings. The minimum atomic E-state index is 0.0149. The fourth-order valence-corrected chi connectivity index (χ4v) is 6.25. The lowest BCUT2D eigenvalue weighted by atomic mass is 9.78. The van der Waals surface area contributed by atoms with Gasteiger partial charge < -0.3 is 4.42 Å². The molecule has 170 valence electrons. The first-order valence-corrected chi connectivity index (χ1v) is 12.9. The average molecular weight is 463 g/mol. The number of rotatable bonds is 3. The van der Waals surface area contributed by atoms with E-state index in [0.29, 0.717) is 0 Å². The molecule has 4 aromatic carbocycles. The van der Waals surface area contributed by atoms with E-state index in [4.69, 9.17) is 4.42 Å². The van der Waals surface area contributed by atoms with Crippen molar-refractivity contribution in [2.45, 2.75) is 51.9 Å². The molecule has 0 aliphatic carbocycles. The summed E-state index contributed by atoms with van der Waals surface area (Å²) in [6, 6.07) is 29.1. The topological polar surface area (TPSA) is 13.1 Å². The van der Waals surface area contributed by atoms with Crippen molar-refractivity contribution in [3.8, 4) is 0 Å². The highest BCUT2D eigenvalue weighted by atomic mass is 32.1. The summed E-state index contributed by atoms with van der Waals surface area (Å²) in [6.45, 7) is 11.5. The van der Waals surface area contributed by atoms with Crippen molar-refractivity contribution in [1.29, 1.82) is 0 Å². The minimum absolute atomic E-state index is 0.0149. The molecule has 0 amide bonds. The first-order valence-electron chi connectivity index (χ1n) is 12.1. The maximum atomic E-state index is 6.17. The molecule has 6 rings (SSSR count). The Hall–Kier alpha value is -3.10. The zero-order chi connectivity index (χ0) is 23.7. The summed E-state index contributed by atoms with van der Waals surface area (Å²) >= 11 is 1.88. The van der Waals surface area contributed by atoms with Crippen LogP contribution in [0.5, 0.6) is 0 Å². The predicted octanol–water partition coefficient (Wildman–Crippen LogP) is 9.77. The van der Waals surface area contributed by atoms with E-state index in [1.54, 1.807) is 0 Å². The number of benzene rings is 4. The molecule has 0 radical (unpaired) electrons. The van der Waals surface area contributed by atoms with E-state index in [2.05, 4.69) is 113 Å². The van der Waals surface area contributed by atoms with Gasteiger partial charge >= 0.3 is 0 Å². The summed E-state index contributed by atoms with van der Waals surface area (Å²) in [6.07, 6.45) is 0.974. The normalized spacial score (nSPS) is 13.0. The smallest absolute Gasteiger partial charge is 0.135 e. The van der Waals surface area contributed by atoms with Gasteiger partial charge in [-0.3, -0.25) is 0 Å². The van der Waals surface area contributed by atoms with Crippen LogP contribution in [0.2, 0.25) is 0 Å². The van der Waals surface area contributed by atoms with Crippen molar-refractivity contribution in [3.63, 3.8) is 0 Å². The van der Waals surface area contributed by atoms with Gasteiger partial charge in [0, 0.05) is 30.9 Å². The van der Waals surface area contributed by atoms with Crippen molar-refractivity contribution in [3.05, 3.63) is 95.6 Å². The number of fused-ring (bicyclic) bond motifs is 6. The van der Waals surface area contributed by atoms with Gasteiger partial charge in [-0.05, 0) is 76.4 Å². The Bertz CT molecular complexity index is 1690. The molecule has 0 unspecified atom stereocenters. The molecule has 2 aromatic heterocycles. The summed E-state index contributed by atoms with van der Waals surface area (Å²) in [5.74, 6) is 0. The van der Waals surface area contributed by atoms with Gasteiger partial charge in [-0.1, -0.05) is 71.0 Å². The Kier molecular flexibility index (Phi) is 4.70.